The van der Waals surface area contributed by atoms with E-state index in [-0.39, 0.29) is 0 Å². The van der Waals surface area contributed by atoms with E-state index in [0.29, 0.717) is 11.8 Å². The predicted octanol–water partition coefficient (Wildman–Crippen LogP) is 5.33. The Morgan fingerprint density at radius 3 is 2.50 bits per heavy atom. The summed E-state index contributed by atoms with van der Waals surface area (Å²) in [6.45, 7) is 13.4. The first-order chi connectivity index (χ1) is 9.52. The molecule has 0 aliphatic rings. The molecule has 20 heavy (non-hydrogen) atoms. The van der Waals surface area contributed by atoms with Gasteiger partial charge in [-0.3, -0.25) is 0 Å². The Morgan fingerprint density at radius 2 is 1.90 bits per heavy atom. The third-order valence-corrected chi connectivity index (χ3v) is 4.97. The van der Waals surface area contributed by atoms with Crippen molar-refractivity contribution in [3.8, 4) is 0 Å². The summed E-state index contributed by atoms with van der Waals surface area (Å²) in [5, 5.41) is 5.06. The molecule has 0 radical (unpaired) electrons. The van der Waals surface area contributed by atoms with E-state index in [1.54, 1.807) is 5.56 Å². The maximum absolute atomic E-state index is 3.58. The number of hydrogen-bond donors (Lipinski definition) is 1. The van der Waals surface area contributed by atoms with Crippen LogP contribution in [0.3, 0.4) is 0 Å². The van der Waals surface area contributed by atoms with Crippen molar-refractivity contribution < 1.29 is 0 Å². The molecule has 2 rings (SSSR count). The third-order valence-electron chi connectivity index (χ3n) is 3.76. The maximum atomic E-state index is 3.58. The molecule has 0 aliphatic heterocycles. The van der Waals surface area contributed by atoms with E-state index in [0.717, 1.165) is 19.5 Å². The zero-order chi connectivity index (χ0) is 14.7. The zero-order valence-electron chi connectivity index (χ0n) is 13.4. The van der Waals surface area contributed by atoms with E-state index in [4.69, 9.17) is 0 Å². The van der Waals surface area contributed by atoms with Crippen molar-refractivity contribution in [2.45, 2.75) is 53.5 Å². The summed E-state index contributed by atoms with van der Waals surface area (Å²) >= 11 is 1.96. The molecule has 0 saturated carbocycles. The van der Waals surface area contributed by atoms with Crippen molar-refractivity contribution in [2.24, 2.45) is 5.92 Å². The molecule has 0 aliphatic carbocycles. The van der Waals surface area contributed by atoms with Crippen LogP contribution in [0.15, 0.2) is 18.2 Å². The SMILES string of the molecule is CCc1c(CNCC(C)C)sc2ccc(C(C)C)cc12. The van der Waals surface area contributed by atoms with Crippen LogP contribution in [0, 0.1) is 5.92 Å². The summed E-state index contributed by atoms with van der Waals surface area (Å²) in [4.78, 5) is 1.52. The number of rotatable bonds is 6. The van der Waals surface area contributed by atoms with E-state index in [1.165, 1.54) is 20.5 Å². The molecule has 1 aromatic carbocycles. The Labute approximate surface area is 127 Å². The Morgan fingerprint density at radius 1 is 1.15 bits per heavy atom. The minimum Gasteiger partial charge on any atom is -0.312 e. The quantitative estimate of drug-likeness (QED) is 0.757. The van der Waals surface area contributed by atoms with E-state index < -0.39 is 0 Å². The second kappa shape index (κ2) is 6.73. The van der Waals surface area contributed by atoms with Crippen molar-refractivity contribution >= 4 is 21.4 Å². The second-order valence-electron chi connectivity index (χ2n) is 6.29. The molecule has 0 amide bonds. The molecule has 1 nitrogen and oxygen atoms in total. The van der Waals surface area contributed by atoms with Crippen LogP contribution in [0.5, 0.6) is 0 Å². The number of hydrogen-bond acceptors (Lipinski definition) is 2. The van der Waals surface area contributed by atoms with Gasteiger partial charge in [0.05, 0.1) is 0 Å². The smallest absolute Gasteiger partial charge is 0.0349 e. The summed E-state index contributed by atoms with van der Waals surface area (Å²) in [6.07, 6.45) is 1.13. The maximum Gasteiger partial charge on any atom is 0.0349 e. The van der Waals surface area contributed by atoms with E-state index in [2.05, 4.69) is 58.1 Å². The van der Waals surface area contributed by atoms with Crippen LogP contribution < -0.4 is 5.32 Å². The molecule has 0 saturated heterocycles. The van der Waals surface area contributed by atoms with Crippen LogP contribution in [0.1, 0.15) is 56.5 Å². The fourth-order valence-electron chi connectivity index (χ4n) is 2.58. The highest BCUT2D eigenvalue weighted by Gasteiger charge is 2.12. The molecule has 1 N–H and O–H groups in total. The van der Waals surface area contributed by atoms with Crippen molar-refractivity contribution in [3.05, 3.63) is 34.2 Å². The molecule has 1 aromatic heterocycles. The van der Waals surface area contributed by atoms with Crippen LogP contribution in [-0.2, 0) is 13.0 Å². The Balaban J connectivity index is 2.31. The lowest BCUT2D eigenvalue weighted by molar-refractivity contribution is 0.554. The Hall–Kier alpha value is -0.860. The highest BCUT2D eigenvalue weighted by molar-refractivity contribution is 7.19. The first kappa shape index (κ1) is 15.5. The molecule has 1 heterocycles. The minimum absolute atomic E-state index is 0.603. The number of benzene rings is 1. The van der Waals surface area contributed by atoms with Crippen LogP contribution in [0.2, 0.25) is 0 Å². The summed E-state index contributed by atoms with van der Waals surface area (Å²) in [7, 11) is 0. The van der Waals surface area contributed by atoms with Crippen molar-refractivity contribution in [3.63, 3.8) is 0 Å². The van der Waals surface area contributed by atoms with Gasteiger partial charge in [-0.15, -0.1) is 11.3 Å². The van der Waals surface area contributed by atoms with Crippen molar-refractivity contribution in [1.82, 2.24) is 5.32 Å². The van der Waals surface area contributed by atoms with E-state index in [1.807, 2.05) is 11.3 Å². The molecule has 0 atom stereocenters. The largest absolute Gasteiger partial charge is 0.312 e. The van der Waals surface area contributed by atoms with Crippen molar-refractivity contribution in [2.75, 3.05) is 6.54 Å². The molecular formula is C18H27NS. The lowest BCUT2D eigenvalue weighted by Gasteiger charge is -2.08. The van der Waals surface area contributed by atoms with Crippen molar-refractivity contribution in [1.29, 1.82) is 0 Å². The molecule has 0 bridgehead atoms. The van der Waals surface area contributed by atoms with Gasteiger partial charge in [-0.2, -0.15) is 0 Å². The molecule has 0 unspecified atom stereocenters. The summed E-state index contributed by atoms with van der Waals surface area (Å²) in [5.41, 5.74) is 3.00. The van der Waals surface area contributed by atoms with Crippen LogP contribution in [-0.4, -0.2) is 6.54 Å². The normalized spacial score (nSPS) is 11.9. The van der Waals surface area contributed by atoms with E-state index >= 15 is 0 Å². The second-order valence-corrected chi connectivity index (χ2v) is 7.43. The van der Waals surface area contributed by atoms with Gasteiger partial charge in [0.25, 0.3) is 0 Å². The summed E-state index contributed by atoms with van der Waals surface area (Å²) in [5.74, 6) is 1.31. The van der Waals surface area contributed by atoms with Gasteiger partial charge in [0.2, 0.25) is 0 Å². The average Bonchev–Trinajstić information content (AvgIpc) is 2.74. The number of aryl methyl sites for hydroxylation is 1. The van der Waals surface area contributed by atoms with E-state index in [9.17, 15) is 0 Å². The highest BCUT2D eigenvalue weighted by atomic mass is 32.1. The zero-order valence-corrected chi connectivity index (χ0v) is 14.2. The van der Waals surface area contributed by atoms with Gasteiger partial charge in [-0.1, -0.05) is 40.7 Å². The van der Waals surface area contributed by atoms with Gasteiger partial charge in [-0.05, 0) is 53.4 Å². The number of thiophene rings is 1. The van der Waals surface area contributed by atoms with Crippen LogP contribution in [0.4, 0.5) is 0 Å². The number of nitrogens with one attached hydrogen (secondary N) is 1. The van der Waals surface area contributed by atoms with Gasteiger partial charge < -0.3 is 5.32 Å². The molecule has 110 valence electrons. The Bertz CT molecular complexity index is 566. The standard InChI is InChI=1S/C18H27NS/c1-6-15-16-9-14(13(4)5)7-8-17(16)20-18(15)11-19-10-12(2)3/h7-9,12-13,19H,6,10-11H2,1-5H3. The lowest BCUT2D eigenvalue weighted by Crippen LogP contribution is -2.18. The van der Waals surface area contributed by atoms with Gasteiger partial charge in [0.15, 0.2) is 0 Å². The fourth-order valence-corrected chi connectivity index (χ4v) is 3.83. The molecular weight excluding hydrogens is 262 g/mol. The third kappa shape index (κ3) is 3.42. The van der Waals surface area contributed by atoms with Crippen LogP contribution >= 0.6 is 11.3 Å². The monoisotopic (exact) mass is 289 g/mol. The Kier molecular flexibility index (Phi) is 5.22. The number of fused-ring (bicyclic) bond motifs is 1. The highest BCUT2D eigenvalue weighted by Crippen LogP contribution is 2.33. The van der Waals surface area contributed by atoms with Gasteiger partial charge in [-0.25, -0.2) is 0 Å². The lowest BCUT2D eigenvalue weighted by atomic mass is 9.99. The first-order valence-corrected chi connectivity index (χ1v) is 8.59. The first-order valence-electron chi connectivity index (χ1n) is 7.77. The fraction of sp³-hybridized carbons (Fsp3) is 0.556. The summed E-state index contributed by atoms with van der Waals surface area (Å²) < 4.78 is 1.44. The van der Waals surface area contributed by atoms with Gasteiger partial charge in [0, 0.05) is 16.1 Å². The molecule has 2 aromatic rings. The minimum atomic E-state index is 0.603. The average molecular weight is 289 g/mol. The van der Waals surface area contributed by atoms with Crippen LogP contribution in [0.25, 0.3) is 10.1 Å². The molecule has 0 spiro atoms. The van der Waals surface area contributed by atoms with Gasteiger partial charge >= 0.3 is 0 Å². The topological polar surface area (TPSA) is 12.0 Å². The predicted molar refractivity (Wildman–Crippen MR) is 91.8 cm³/mol. The molecule has 2 heteroatoms. The van der Waals surface area contributed by atoms with Gasteiger partial charge in [0.1, 0.15) is 0 Å². The summed E-state index contributed by atoms with van der Waals surface area (Å²) in [6, 6.07) is 7.00. The molecule has 0 fully saturated rings.